The van der Waals surface area contributed by atoms with E-state index in [0.717, 1.165) is 45.6 Å². The molecule has 0 radical (unpaired) electrons. The van der Waals surface area contributed by atoms with E-state index in [-0.39, 0.29) is 0 Å². The monoisotopic (exact) mass is 309 g/mol. The highest BCUT2D eigenvalue weighted by molar-refractivity contribution is 5.81. The summed E-state index contributed by atoms with van der Waals surface area (Å²) in [6, 6.07) is 9.01. The second kappa shape index (κ2) is 4.73. The first-order valence-electron chi connectivity index (χ1n) is 7.49. The number of hydrogen-bond acceptors (Lipinski definition) is 3. The van der Waals surface area contributed by atoms with Crippen molar-refractivity contribution >= 4 is 0 Å². The summed E-state index contributed by atoms with van der Waals surface area (Å²) in [5.41, 5.74) is 5.94. The van der Waals surface area contributed by atoms with E-state index in [1.54, 1.807) is 19.9 Å². The number of nitrogens with one attached hydrogen (secondary N) is 1. The van der Waals surface area contributed by atoms with Gasteiger partial charge in [-0.1, -0.05) is 18.2 Å². The Morgan fingerprint density at radius 2 is 2.04 bits per heavy atom. The van der Waals surface area contributed by atoms with Crippen molar-refractivity contribution in [3.05, 3.63) is 59.2 Å². The summed E-state index contributed by atoms with van der Waals surface area (Å²) in [6.45, 7) is 3.56. The van der Waals surface area contributed by atoms with Crippen LogP contribution in [0.4, 0.5) is 4.39 Å². The molecule has 1 aliphatic rings. The standard InChI is InChI=1S/C18H16FN3O/c1-18(2,23)12-4-5-13-11(7-12)8-14-16(21-22-17(13)14)10-3-6-15(19)20-9-10/h3-7,9,23H,8H2,1-2H3,(H,21,22). The fourth-order valence-electron chi connectivity index (χ4n) is 3.07. The lowest BCUT2D eigenvalue weighted by molar-refractivity contribution is 0.0785. The number of H-pyrrole nitrogens is 1. The third kappa shape index (κ3) is 2.24. The van der Waals surface area contributed by atoms with Gasteiger partial charge in [-0.15, -0.1) is 0 Å². The van der Waals surface area contributed by atoms with Crippen LogP contribution in [0.1, 0.15) is 30.5 Å². The molecule has 0 fully saturated rings. The lowest BCUT2D eigenvalue weighted by Crippen LogP contribution is -2.15. The van der Waals surface area contributed by atoms with Crippen LogP contribution in [0, 0.1) is 5.95 Å². The van der Waals surface area contributed by atoms with Gasteiger partial charge in [0.2, 0.25) is 5.95 Å². The number of aliphatic hydroxyl groups is 1. The largest absolute Gasteiger partial charge is 0.386 e. The van der Waals surface area contributed by atoms with Crippen LogP contribution in [0.5, 0.6) is 0 Å². The third-order valence-corrected chi connectivity index (χ3v) is 4.32. The van der Waals surface area contributed by atoms with Crippen LogP contribution >= 0.6 is 0 Å². The van der Waals surface area contributed by atoms with E-state index in [0.29, 0.717) is 0 Å². The van der Waals surface area contributed by atoms with Gasteiger partial charge in [-0.25, -0.2) is 4.98 Å². The fraction of sp³-hybridized carbons (Fsp3) is 0.222. The van der Waals surface area contributed by atoms with Crippen molar-refractivity contribution in [3.63, 3.8) is 0 Å². The van der Waals surface area contributed by atoms with Crippen LogP contribution in [0.3, 0.4) is 0 Å². The van der Waals surface area contributed by atoms with Crippen molar-refractivity contribution in [3.8, 4) is 22.5 Å². The van der Waals surface area contributed by atoms with Crippen LogP contribution in [0.15, 0.2) is 36.5 Å². The van der Waals surface area contributed by atoms with Gasteiger partial charge in [-0.2, -0.15) is 9.49 Å². The van der Waals surface area contributed by atoms with E-state index in [1.807, 2.05) is 18.2 Å². The molecule has 5 heteroatoms. The summed E-state index contributed by atoms with van der Waals surface area (Å²) in [4.78, 5) is 3.70. The molecule has 2 aromatic heterocycles. The zero-order valence-electron chi connectivity index (χ0n) is 12.9. The molecular weight excluding hydrogens is 293 g/mol. The number of aromatic amines is 1. The van der Waals surface area contributed by atoms with E-state index in [2.05, 4.69) is 15.2 Å². The van der Waals surface area contributed by atoms with Crippen LogP contribution < -0.4 is 0 Å². The predicted molar refractivity (Wildman–Crippen MR) is 85.3 cm³/mol. The Balaban J connectivity index is 1.78. The molecule has 0 unspecified atom stereocenters. The van der Waals surface area contributed by atoms with Gasteiger partial charge < -0.3 is 5.11 Å². The van der Waals surface area contributed by atoms with Crippen LogP contribution in [-0.4, -0.2) is 20.3 Å². The Labute approximate surface area is 133 Å². The molecule has 23 heavy (non-hydrogen) atoms. The highest BCUT2D eigenvalue weighted by Gasteiger charge is 2.27. The van der Waals surface area contributed by atoms with Crippen molar-refractivity contribution in [2.75, 3.05) is 0 Å². The Morgan fingerprint density at radius 3 is 2.74 bits per heavy atom. The molecule has 4 nitrogen and oxygen atoms in total. The van der Waals surface area contributed by atoms with Crippen molar-refractivity contribution in [1.82, 2.24) is 15.2 Å². The van der Waals surface area contributed by atoms with E-state index in [1.165, 1.54) is 12.3 Å². The molecule has 0 atom stereocenters. The Hall–Kier alpha value is -2.53. The maximum atomic E-state index is 13.0. The molecule has 0 bridgehead atoms. The van der Waals surface area contributed by atoms with Gasteiger partial charge in [0.05, 0.1) is 17.0 Å². The minimum absolute atomic E-state index is 0.501. The Morgan fingerprint density at radius 1 is 1.22 bits per heavy atom. The molecule has 0 aliphatic heterocycles. The molecule has 0 amide bonds. The maximum Gasteiger partial charge on any atom is 0.212 e. The highest BCUT2D eigenvalue weighted by atomic mass is 19.1. The number of aromatic nitrogens is 3. The maximum absolute atomic E-state index is 13.0. The molecule has 4 rings (SSSR count). The molecular formula is C18H16FN3O. The van der Waals surface area contributed by atoms with E-state index >= 15 is 0 Å². The van der Waals surface area contributed by atoms with Crippen LogP contribution in [-0.2, 0) is 12.0 Å². The summed E-state index contributed by atoms with van der Waals surface area (Å²) >= 11 is 0. The normalized spacial score (nSPS) is 13.0. The number of pyridine rings is 1. The van der Waals surface area contributed by atoms with Crippen LogP contribution in [0.25, 0.3) is 22.5 Å². The van der Waals surface area contributed by atoms with Gasteiger partial charge in [-0.05, 0) is 37.1 Å². The number of rotatable bonds is 2. The zero-order chi connectivity index (χ0) is 16.2. The number of fused-ring (bicyclic) bond motifs is 3. The van der Waals surface area contributed by atoms with Crippen molar-refractivity contribution in [2.24, 2.45) is 0 Å². The van der Waals surface area contributed by atoms with Crippen molar-refractivity contribution in [2.45, 2.75) is 25.9 Å². The summed E-state index contributed by atoms with van der Waals surface area (Å²) in [7, 11) is 0. The van der Waals surface area contributed by atoms with Gasteiger partial charge in [0.25, 0.3) is 0 Å². The highest BCUT2D eigenvalue weighted by Crippen LogP contribution is 2.41. The predicted octanol–water partition coefficient (Wildman–Crippen LogP) is 3.41. The fourth-order valence-corrected chi connectivity index (χ4v) is 3.07. The first kappa shape index (κ1) is 14.1. The molecule has 116 valence electrons. The summed E-state index contributed by atoms with van der Waals surface area (Å²) in [5.74, 6) is -0.501. The van der Waals surface area contributed by atoms with Gasteiger partial charge in [-0.3, -0.25) is 5.10 Å². The number of halogens is 1. The number of nitrogens with zero attached hydrogens (tertiary/aromatic N) is 2. The molecule has 3 aromatic rings. The van der Waals surface area contributed by atoms with Crippen molar-refractivity contribution in [1.29, 1.82) is 0 Å². The summed E-state index contributed by atoms with van der Waals surface area (Å²) in [5, 5.41) is 17.6. The lowest BCUT2D eigenvalue weighted by atomic mass is 9.94. The average molecular weight is 309 g/mol. The minimum Gasteiger partial charge on any atom is -0.386 e. The number of benzene rings is 1. The second-order valence-corrected chi connectivity index (χ2v) is 6.40. The number of hydrogen-bond donors (Lipinski definition) is 2. The van der Waals surface area contributed by atoms with Gasteiger partial charge in [0, 0.05) is 29.3 Å². The SMILES string of the molecule is CC(C)(O)c1ccc2c(c1)Cc1c(-c3ccc(F)nc3)n[nH]c1-2. The average Bonchev–Trinajstić information content (AvgIpc) is 3.05. The molecule has 2 N–H and O–H groups in total. The summed E-state index contributed by atoms with van der Waals surface area (Å²) < 4.78 is 13.0. The third-order valence-electron chi connectivity index (χ3n) is 4.32. The second-order valence-electron chi connectivity index (χ2n) is 6.40. The first-order chi connectivity index (χ1) is 10.9. The topological polar surface area (TPSA) is 61.8 Å². The molecule has 0 spiro atoms. The minimum atomic E-state index is -0.868. The van der Waals surface area contributed by atoms with E-state index in [4.69, 9.17) is 0 Å². The first-order valence-corrected chi connectivity index (χ1v) is 7.49. The van der Waals surface area contributed by atoms with Gasteiger partial charge in [0.1, 0.15) is 0 Å². The molecule has 0 saturated heterocycles. The Bertz CT molecular complexity index is 892. The zero-order valence-corrected chi connectivity index (χ0v) is 12.9. The van der Waals surface area contributed by atoms with Crippen LogP contribution in [0.2, 0.25) is 0 Å². The van der Waals surface area contributed by atoms with E-state index < -0.39 is 11.5 Å². The molecule has 1 aliphatic carbocycles. The quantitative estimate of drug-likeness (QED) is 0.558. The molecule has 2 heterocycles. The Kier molecular flexibility index (Phi) is 2.90. The molecule has 1 aromatic carbocycles. The smallest absolute Gasteiger partial charge is 0.212 e. The van der Waals surface area contributed by atoms with Gasteiger partial charge >= 0.3 is 0 Å². The summed E-state index contributed by atoms with van der Waals surface area (Å²) in [6.07, 6.45) is 2.23. The van der Waals surface area contributed by atoms with E-state index in [9.17, 15) is 9.50 Å². The van der Waals surface area contributed by atoms with Gasteiger partial charge in [0.15, 0.2) is 0 Å². The lowest BCUT2D eigenvalue weighted by Gasteiger charge is -2.18. The van der Waals surface area contributed by atoms with Crippen molar-refractivity contribution < 1.29 is 9.50 Å². The molecule has 0 saturated carbocycles.